The molecule has 1 atom stereocenters. The minimum atomic E-state index is 0.380. The fourth-order valence-electron chi connectivity index (χ4n) is 2.15. The van der Waals surface area contributed by atoms with E-state index in [2.05, 4.69) is 30.4 Å². The summed E-state index contributed by atoms with van der Waals surface area (Å²) in [5.74, 6) is 0.952. The molecule has 0 saturated heterocycles. The van der Waals surface area contributed by atoms with Crippen LogP contribution in [0.3, 0.4) is 0 Å². The van der Waals surface area contributed by atoms with Gasteiger partial charge < -0.3 is 14.8 Å². The van der Waals surface area contributed by atoms with Crippen LogP contribution in [-0.2, 0) is 4.74 Å². The van der Waals surface area contributed by atoms with E-state index in [0.29, 0.717) is 12.6 Å². The molecule has 3 nitrogen and oxygen atoms in total. The van der Waals surface area contributed by atoms with Gasteiger partial charge in [0.05, 0.1) is 6.61 Å². The highest BCUT2D eigenvalue weighted by Gasteiger charge is 2.10. The van der Waals surface area contributed by atoms with Crippen LogP contribution in [0.2, 0.25) is 0 Å². The molecule has 1 N–H and O–H groups in total. The van der Waals surface area contributed by atoms with Crippen molar-refractivity contribution in [3.63, 3.8) is 0 Å². The standard InChI is InChI=1S/C16H27NO2/c1-4-17-16(11-8-12-18-5-2)14-9-7-10-15(13-14)19-6-3/h7,9-10,13,16-17H,4-6,8,11-12H2,1-3H3. The molecular weight excluding hydrogens is 238 g/mol. The van der Waals surface area contributed by atoms with Gasteiger partial charge in [-0.1, -0.05) is 19.1 Å². The van der Waals surface area contributed by atoms with Gasteiger partial charge in [0.25, 0.3) is 0 Å². The van der Waals surface area contributed by atoms with Crippen LogP contribution in [0, 0.1) is 0 Å². The van der Waals surface area contributed by atoms with Crippen molar-refractivity contribution < 1.29 is 9.47 Å². The molecule has 3 heteroatoms. The molecule has 0 bridgehead atoms. The summed E-state index contributed by atoms with van der Waals surface area (Å²) in [6.07, 6.45) is 2.16. The summed E-state index contributed by atoms with van der Waals surface area (Å²) in [6, 6.07) is 8.75. The lowest BCUT2D eigenvalue weighted by Crippen LogP contribution is -2.21. The van der Waals surface area contributed by atoms with Gasteiger partial charge in [0.15, 0.2) is 0 Å². The first kappa shape index (κ1) is 16.0. The Morgan fingerprint density at radius 2 is 2.00 bits per heavy atom. The van der Waals surface area contributed by atoms with Gasteiger partial charge in [-0.3, -0.25) is 0 Å². The second-order valence-electron chi connectivity index (χ2n) is 4.45. The summed E-state index contributed by atoms with van der Waals surface area (Å²) >= 11 is 0. The maximum absolute atomic E-state index is 5.57. The Labute approximate surface area is 117 Å². The Kier molecular flexibility index (Phi) is 8.26. The molecule has 0 saturated carbocycles. The summed E-state index contributed by atoms with van der Waals surface area (Å²) in [7, 11) is 0. The normalized spacial score (nSPS) is 12.4. The maximum atomic E-state index is 5.57. The van der Waals surface area contributed by atoms with Gasteiger partial charge in [0.2, 0.25) is 0 Å². The van der Waals surface area contributed by atoms with Crippen LogP contribution in [0.4, 0.5) is 0 Å². The molecule has 0 heterocycles. The van der Waals surface area contributed by atoms with Crippen LogP contribution in [0.5, 0.6) is 5.75 Å². The zero-order chi connectivity index (χ0) is 13.9. The summed E-state index contributed by atoms with van der Waals surface area (Å²) < 4.78 is 11.0. The SMILES string of the molecule is CCNC(CCCOCC)c1cccc(OCC)c1. The summed E-state index contributed by atoms with van der Waals surface area (Å²) in [5, 5.41) is 3.53. The minimum Gasteiger partial charge on any atom is -0.494 e. The van der Waals surface area contributed by atoms with Crippen LogP contribution in [0.25, 0.3) is 0 Å². The zero-order valence-electron chi connectivity index (χ0n) is 12.4. The molecule has 0 amide bonds. The molecule has 0 radical (unpaired) electrons. The summed E-state index contributed by atoms with van der Waals surface area (Å²) in [4.78, 5) is 0. The van der Waals surface area contributed by atoms with Gasteiger partial charge in [0, 0.05) is 19.3 Å². The van der Waals surface area contributed by atoms with E-state index in [0.717, 1.165) is 38.3 Å². The molecule has 1 unspecified atom stereocenters. The fourth-order valence-corrected chi connectivity index (χ4v) is 2.15. The molecular formula is C16H27NO2. The van der Waals surface area contributed by atoms with Crippen LogP contribution in [0.1, 0.15) is 45.2 Å². The van der Waals surface area contributed by atoms with Crippen LogP contribution < -0.4 is 10.1 Å². The summed E-state index contributed by atoms with van der Waals surface area (Å²) in [5.41, 5.74) is 1.30. The first-order valence-corrected chi connectivity index (χ1v) is 7.35. The molecule has 108 valence electrons. The van der Waals surface area contributed by atoms with Gasteiger partial charge in [0.1, 0.15) is 5.75 Å². The second-order valence-corrected chi connectivity index (χ2v) is 4.45. The average Bonchev–Trinajstić information content (AvgIpc) is 2.43. The lowest BCUT2D eigenvalue weighted by molar-refractivity contribution is 0.141. The third-order valence-electron chi connectivity index (χ3n) is 3.01. The van der Waals surface area contributed by atoms with Gasteiger partial charge in [-0.2, -0.15) is 0 Å². The molecule has 0 aliphatic carbocycles. The Morgan fingerprint density at radius 3 is 2.68 bits per heavy atom. The number of nitrogens with one attached hydrogen (secondary N) is 1. The third-order valence-corrected chi connectivity index (χ3v) is 3.01. The van der Waals surface area contributed by atoms with E-state index in [9.17, 15) is 0 Å². The summed E-state index contributed by atoms with van der Waals surface area (Å²) in [6.45, 7) is 9.50. The van der Waals surface area contributed by atoms with E-state index in [1.807, 2.05) is 19.9 Å². The van der Waals surface area contributed by atoms with E-state index >= 15 is 0 Å². The Hall–Kier alpha value is -1.06. The van der Waals surface area contributed by atoms with E-state index in [1.165, 1.54) is 5.56 Å². The highest BCUT2D eigenvalue weighted by Crippen LogP contribution is 2.23. The van der Waals surface area contributed by atoms with Gasteiger partial charge in [-0.15, -0.1) is 0 Å². The van der Waals surface area contributed by atoms with Crippen molar-refractivity contribution >= 4 is 0 Å². The van der Waals surface area contributed by atoms with Gasteiger partial charge in [-0.05, 0) is 50.9 Å². The highest BCUT2D eigenvalue weighted by atomic mass is 16.5. The van der Waals surface area contributed by atoms with E-state index < -0.39 is 0 Å². The number of benzene rings is 1. The topological polar surface area (TPSA) is 30.5 Å². The molecule has 0 aliphatic rings. The highest BCUT2D eigenvalue weighted by molar-refractivity contribution is 5.30. The second kappa shape index (κ2) is 9.82. The number of ether oxygens (including phenoxy) is 2. The fraction of sp³-hybridized carbons (Fsp3) is 0.625. The van der Waals surface area contributed by atoms with Crippen LogP contribution in [-0.4, -0.2) is 26.4 Å². The molecule has 1 aromatic carbocycles. The molecule has 19 heavy (non-hydrogen) atoms. The largest absolute Gasteiger partial charge is 0.494 e. The first-order valence-electron chi connectivity index (χ1n) is 7.35. The quantitative estimate of drug-likeness (QED) is 0.656. The molecule has 0 aliphatic heterocycles. The number of hydrogen-bond acceptors (Lipinski definition) is 3. The van der Waals surface area contributed by atoms with Crippen molar-refractivity contribution in [1.29, 1.82) is 0 Å². The number of hydrogen-bond donors (Lipinski definition) is 1. The van der Waals surface area contributed by atoms with Crippen molar-refractivity contribution in [3.8, 4) is 5.75 Å². The monoisotopic (exact) mass is 265 g/mol. The Balaban J connectivity index is 2.60. The zero-order valence-corrected chi connectivity index (χ0v) is 12.4. The van der Waals surface area contributed by atoms with Crippen molar-refractivity contribution in [3.05, 3.63) is 29.8 Å². The predicted octanol–water partition coefficient (Wildman–Crippen LogP) is 3.55. The Morgan fingerprint density at radius 1 is 1.16 bits per heavy atom. The average molecular weight is 265 g/mol. The molecule has 0 aromatic heterocycles. The molecule has 0 fully saturated rings. The smallest absolute Gasteiger partial charge is 0.119 e. The third kappa shape index (κ3) is 6.08. The van der Waals surface area contributed by atoms with Crippen molar-refractivity contribution in [2.24, 2.45) is 0 Å². The molecule has 0 spiro atoms. The van der Waals surface area contributed by atoms with Crippen molar-refractivity contribution in [2.45, 2.75) is 39.7 Å². The maximum Gasteiger partial charge on any atom is 0.119 e. The van der Waals surface area contributed by atoms with Gasteiger partial charge >= 0.3 is 0 Å². The molecule has 1 aromatic rings. The van der Waals surface area contributed by atoms with E-state index in [1.54, 1.807) is 0 Å². The first-order chi connectivity index (χ1) is 9.31. The van der Waals surface area contributed by atoms with Crippen molar-refractivity contribution in [2.75, 3.05) is 26.4 Å². The van der Waals surface area contributed by atoms with Gasteiger partial charge in [-0.25, -0.2) is 0 Å². The van der Waals surface area contributed by atoms with Crippen LogP contribution >= 0.6 is 0 Å². The molecule has 1 rings (SSSR count). The van der Waals surface area contributed by atoms with E-state index in [-0.39, 0.29) is 0 Å². The number of rotatable bonds is 10. The predicted molar refractivity (Wildman–Crippen MR) is 79.8 cm³/mol. The lowest BCUT2D eigenvalue weighted by atomic mass is 10.0. The van der Waals surface area contributed by atoms with E-state index in [4.69, 9.17) is 9.47 Å². The van der Waals surface area contributed by atoms with Crippen LogP contribution in [0.15, 0.2) is 24.3 Å². The van der Waals surface area contributed by atoms with Crippen molar-refractivity contribution in [1.82, 2.24) is 5.32 Å². The Bertz CT molecular complexity index is 341. The minimum absolute atomic E-state index is 0.380. The lowest BCUT2D eigenvalue weighted by Gasteiger charge is -2.19.